The maximum atomic E-state index is 13.6. The van der Waals surface area contributed by atoms with Crippen molar-refractivity contribution in [1.82, 2.24) is 24.6 Å². The highest BCUT2D eigenvalue weighted by Crippen LogP contribution is 2.37. The second-order valence-corrected chi connectivity index (χ2v) is 8.00. The van der Waals surface area contributed by atoms with Gasteiger partial charge in [0.25, 0.3) is 0 Å². The van der Waals surface area contributed by atoms with Gasteiger partial charge < -0.3 is 15.2 Å². The summed E-state index contributed by atoms with van der Waals surface area (Å²) in [5.41, 5.74) is 7.41. The van der Waals surface area contributed by atoms with Crippen molar-refractivity contribution in [1.29, 1.82) is 0 Å². The second-order valence-electron chi connectivity index (χ2n) is 8.00. The highest BCUT2D eigenvalue weighted by molar-refractivity contribution is 5.90. The normalized spacial score (nSPS) is 16.4. The van der Waals surface area contributed by atoms with Crippen LogP contribution < -0.4 is 5.73 Å². The van der Waals surface area contributed by atoms with E-state index in [1.54, 1.807) is 18.2 Å². The maximum Gasteiger partial charge on any atom is 0.433 e. The van der Waals surface area contributed by atoms with E-state index in [0.29, 0.717) is 35.9 Å². The van der Waals surface area contributed by atoms with Crippen LogP contribution in [-0.4, -0.2) is 43.9 Å². The maximum absolute atomic E-state index is 13.6. The number of nitrogens with two attached hydrogens (primary N) is 1. The zero-order valence-corrected chi connectivity index (χ0v) is 18.2. The van der Waals surface area contributed by atoms with Crippen LogP contribution in [0, 0.1) is 6.92 Å². The standard InChI is InChI=1S/C23H21F3N6O2/c1-13-9-15(10-17(28-13)23(24,25)26)19-20(14-5-3-2-4-6-14)30-22(27)32-21(19)29-18(31-32)12-34-16-7-8-33-11-16/h2-6,9-10,16H,7-8,11-12H2,1H3,(H2,27,30)/t16-/m0/s1. The molecule has 0 radical (unpaired) electrons. The average molecular weight is 470 g/mol. The van der Waals surface area contributed by atoms with E-state index < -0.39 is 11.9 Å². The molecule has 0 amide bonds. The minimum atomic E-state index is -4.61. The molecule has 176 valence electrons. The number of hydrogen-bond acceptors (Lipinski definition) is 7. The van der Waals surface area contributed by atoms with Crippen molar-refractivity contribution in [2.75, 3.05) is 18.9 Å². The van der Waals surface area contributed by atoms with Crippen molar-refractivity contribution >= 4 is 11.6 Å². The number of pyridine rings is 1. The third-order valence-corrected chi connectivity index (χ3v) is 5.47. The fourth-order valence-corrected chi connectivity index (χ4v) is 3.93. The number of nitrogen functional groups attached to an aromatic ring is 1. The van der Waals surface area contributed by atoms with Gasteiger partial charge in [-0.3, -0.25) is 0 Å². The molecule has 0 aliphatic carbocycles. The van der Waals surface area contributed by atoms with Crippen molar-refractivity contribution in [3.63, 3.8) is 0 Å². The summed E-state index contributed by atoms with van der Waals surface area (Å²) in [6.45, 7) is 2.75. The van der Waals surface area contributed by atoms with Crippen LogP contribution in [0.15, 0.2) is 42.5 Å². The van der Waals surface area contributed by atoms with Crippen LogP contribution in [0.1, 0.15) is 23.6 Å². The van der Waals surface area contributed by atoms with Crippen LogP contribution in [-0.2, 0) is 22.3 Å². The van der Waals surface area contributed by atoms with Crippen LogP contribution in [0.25, 0.3) is 28.0 Å². The number of aromatic nitrogens is 5. The lowest BCUT2D eigenvalue weighted by atomic mass is 9.99. The average Bonchev–Trinajstić information content (AvgIpc) is 3.47. The molecule has 4 aromatic rings. The zero-order chi connectivity index (χ0) is 23.9. The Balaban J connectivity index is 1.70. The van der Waals surface area contributed by atoms with Gasteiger partial charge in [0, 0.05) is 17.9 Å². The molecule has 0 spiro atoms. The first-order chi connectivity index (χ1) is 16.3. The van der Waals surface area contributed by atoms with Crippen LogP contribution in [0.4, 0.5) is 19.1 Å². The lowest BCUT2D eigenvalue weighted by molar-refractivity contribution is -0.141. The van der Waals surface area contributed by atoms with Crippen LogP contribution >= 0.6 is 0 Å². The summed E-state index contributed by atoms with van der Waals surface area (Å²) in [4.78, 5) is 12.7. The Morgan fingerprint density at radius 3 is 2.62 bits per heavy atom. The zero-order valence-electron chi connectivity index (χ0n) is 18.2. The number of fused-ring (bicyclic) bond motifs is 1. The van der Waals surface area contributed by atoms with Crippen molar-refractivity contribution in [2.45, 2.75) is 32.2 Å². The fraction of sp³-hybridized carbons (Fsp3) is 0.304. The minimum Gasteiger partial charge on any atom is -0.379 e. The molecule has 11 heteroatoms. The summed E-state index contributed by atoms with van der Waals surface area (Å²) in [5, 5.41) is 4.40. The molecule has 0 saturated carbocycles. The van der Waals surface area contributed by atoms with Gasteiger partial charge in [0.1, 0.15) is 12.3 Å². The highest BCUT2D eigenvalue weighted by Gasteiger charge is 2.34. The van der Waals surface area contributed by atoms with Crippen molar-refractivity contribution in [3.05, 3.63) is 59.7 Å². The van der Waals surface area contributed by atoms with Crippen molar-refractivity contribution in [2.24, 2.45) is 0 Å². The monoisotopic (exact) mass is 470 g/mol. The lowest BCUT2D eigenvalue weighted by Gasteiger charge is -2.14. The van der Waals surface area contributed by atoms with E-state index >= 15 is 0 Å². The Bertz CT molecular complexity index is 1330. The molecule has 2 N–H and O–H groups in total. The number of halogens is 3. The van der Waals surface area contributed by atoms with Gasteiger partial charge in [0.05, 0.1) is 24.0 Å². The van der Waals surface area contributed by atoms with E-state index in [4.69, 9.17) is 15.2 Å². The van der Waals surface area contributed by atoms with E-state index in [1.165, 1.54) is 11.4 Å². The van der Waals surface area contributed by atoms with Crippen LogP contribution in [0.5, 0.6) is 0 Å². The minimum absolute atomic E-state index is 0.0568. The molecule has 34 heavy (non-hydrogen) atoms. The molecule has 1 saturated heterocycles. The Morgan fingerprint density at radius 1 is 1.12 bits per heavy atom. The first-order valence-corrected chi connectivity index (χ1v) is 10.7. The third kappa shape index (κ3) is 4.31. The molecular weight excluding hydrogens is 449 g/mol. The van der Waals surface area contributed by atoms with Crippen LogP contribution in [0.2, 0.25) is 0 Å². The number of hydrogen-bond donors (Lipinski definition) is 1. The molecule has 1 fully saturated rings. The molecule has 1 aliphatic heterocycles. The molecule has 1 aliphatic rings. The topological polar surface area (TPSA) is 100 Å². The van der Waals surface area contributed by atoms with Gasteiger partial charge in [-0.1, -0.05) is 30.3 Å². The number of benzene rings is 1. The molecule has 4 heterocycles. The number of anilines is 1. The molecule has 1 atom stereocenters. The van der Waals surface area contributed by atoms with Gasteiger partial charge in [-0.15, -0.1) is 5.10 Å². The lowest BCUT2D eigenvalue weighted by Crippen LogP contribution is -2.12. The summed E-state index contributed by atoms with van der Waals surface area (Å²) in [7, 11) is 0. The van der Waals surface area contributed by atoms with E-state index in [0.717, 1.165) is 12.5 Å². The Kier molecular flexibility index (Phi) is 5.66. The van der Waals surface area contributed by atoms with E-state index in [-0.39, 0.29) is 35.6 Å². The quantitative estimate of drug-likeness (QED) is 0.469. The summed E-state index contributed by atoms with van der Waals surface area (Å²) in [6, 6.07) is 11.6. The molecule has 5 rings (SSSR count). The highest BCUT2D eigenvalue weighted by atomic mass is 19.4. The van der Waals surface area contributed by atoms with E-state index in [2.05, 4.69) is 20.1 Å². The van der Waals surface area contributed by atoms with Gasteiger partial charge >= 0.3 is 6.18 Å². The first-order valence-electron chi connectivity index (χ1n) is 10.7. The van der Waals surface area contributed by atoms with Gasteiger partial charge in [0.2, 0.25) is 5.95 Å². The number of aryl methyl sites for hydroxylation is 1. The first kappa shape index (κ1) is 22.2. The summed E-state index contributed by atoms with van der Waals surface area (Å²) in [5.74, 6) is 0.399. The summed E-state index contributed by atoms with van der Waals surface area (Å²) >= 11 is 0. The summed E-state index contributed by atoms with van der Waals surface area (Å²) < 4.78 is 53.1. The molecule has 0 bridgehead atoms. The predicted octanol–water partition coefficient (Wildman–Crippen LogP) is 4.07. The molecule has 8 nitrogen and oxygen atoms in total. The molecule has 1 aromatic carbocycles. The van der Waals surface area contributed by atoms with Gasteiger partial charge in [0.15, 0.2) is 11.5 Å². The van der Waals surface area contributed by atoms with Gasteiger partial charge in [-0.25, -0.2) is 15.0 Å². The number of alkyl halides is 3. The SMILES string of the molecule is Cc1cc(-c2c(-c3ccccc3)nc(N)n3nc(CO[C@H]4CCOC4)nc23)cc(C(F)(F)F)n1. The van der Waals surface area contributed by atoms with Crippen LogP contribution in [0.3, 0.4) is 0 Å². The number of nitrogens with zero attached hydrogens (tertiary/aromatic N) is 5. The Labute approximate surface area is 192 Å². The number of ether oxygens (including phenoxy) is 2. The van der Waals surface area contributed by atoms with E-state index in [9.17, 15) is 13.2 Å². The molecular formula is C23H21F3N6O2. The number of rotatable bonds is 5. The molecule has 3 aromatic heterocycles. The summed E-state index contributed by atoms with van der Waals surface area (Å²) in [6.07, 6.45) is -3.89. The smallest absolute Gasteiger partial charge is 0.379 e. The third-order valence-electron chi connectivity index (χ3n) is 5.47. The molecule has 0 unspecified atom stereocenters. The Morgan fingerprint density at radius 2 is 1.91 bits per heavy atom. The Hall–Kier alpha value is -3.57. The van der Waals surface area contributed by atoms with Crippen molar-refractivity contribution < 1.29 is 22.6 Å². The van der Waals surface area contributed by atoms with Crippen molar-refractivity contribution in [3.8, 4) is 22.4 Å². The van der Waals surface area contributed by atoms with Gasteiger partial charge in [-0.2, -0.15) is 17.7 Å². The predicted molar refractivity (Wildman–Crippen MR) is 118 cm³/mol. The van der Waals surface area contributed by atoms with E-state index in [1.807, 2.05) is 18.2 Å². The second kappa shape index (κ2) is 8.65. The largest absolute Gasteiger partial charge is 0.433 e. The van der Waals surface area contributed by atoms with Gasteiger partial charge in [-0.05, 0) is 31.0 Å². The fourth-order valence-electron chi connectivity index (χ4n) is 3.93.